The van der Waals surface area contributed by atoms with Crippen LogP contribution < -0.4 is 10.0 Å². The molecule has 0 aliphatic carbocycles. The summed E-state index contributed by atoms with van der Waals surface area (Å²) in [5.74, 6) is -0.998. The third kappa shape index (κ3) is 3.09. The number of nitrogens with zero attached hydrogens (tertiary/aromatic N) is 1. The Balaban J connectivity index is 2.59. The zero-order valence-corrected chi connectivity index (χ0v) is 8.49. The van der Waals surface area contributed by atoms with Gasteiger partial charge in [0.1, 0.15) is 0 Å². The first kappa shape index (κ1) is 10.6. The van der Waals surface area contributed by atoms with Crippen molar-refractivity contribution < 1.29 is 9.90 Å². The molecule has 1 rings (SSSR count). The van der Waals surface area contributed by atoms with Gasteiger partial charge in [0.25, 0.3) is 0 Å². The highest BCUT2D eigenvalue weighted by atomic mass is 16.4. The number of rotatable bonds is 4. The summed E-state index contributed by atoms with van der Waals surface area (Å²) in [5.41, 5.74) is 2.14. The van der Waals surface area contributed by atoms with E-state index in [1.165, 1.54) is 0 Å². The van der Waals surface area contributed by atoms with Crippen molar-refractivity contribution in [2.75, 3.05) is 19.0 Å². The average Bonchev–Trinajstić information content (AvgIpc) is 2.15. The maximum absolute atomic E-state index is 10.2. The van der Waals surface area contributed by atoms with Gasteiger partial charge in [0.15, 0.2) is 0 Å². The first-order chi connectivity index (χ1) is 6.59. The summed E-state index contributed by atoms with van der Waals surface area (Å²) < 4.78 is 0. The molecular formula is C11H14NO2-. The minimum absolute atomic E-state index is 0.0846. The Labute approximate surface area is 84.0 Å². The molecule has 0 aromatic heterocycles. The molecule has 0 aliphatic rings. The average molecular weight is 192 g/mol. The lowest BCUT2D eigenvalue weighted by atomic mass is 10.1. The van der Waals surface area contributed by atoms with Crippen LogP contribution in [0, 0.1) is 0 Å². The van der Waals surface area contributed by atoms with E-state index in [0.29, 0.717) is 6.42 Å². The lowest BCUT2D eigenvalue weighted by Gasteiger charge is -2.12. The van der Waals surface area contributed by atoms with Gasteiger partial charge in [0.05, 0.1) is 0 Å². The molecule has 0 atom stereocenters. The van der Waals surface area contributed by atoms with Crippen LogP contribution in [0.5, 0.6) is 0 Å². The van der Waals surface area contributed by atoms with E-state index in [4.69, 9.17) is 0 Å². The van der Waals surface area contributed by atoms with Gasteiger partial charge >= 0.3 is 0 Å². The van der Waals surface area contributed by atoms with E-state index in [0.717, 1.165) is 11.3 Å². The summed E-state index contributed by atoms with van der Waals surface area (Å²) in [6, 6.07) is 7.84. The smallest absolute Gasteiger partial charge is 0.0417 e. The zero-order valence-electron chi connectivity index (χ0n) is 8.49. The molecule has 0 radical (unpaired) electrons. The third-order valence-electron chi connectivity index (χ3n) is 2.07. The predicted octanol–water partition coefficient (Wildman–Crippen LogP) is 0.435. The Morgan fingerprint density at radius 2 is 1.86 bits per heavy atom. The highest BCUT2D eigenvalue weighted by molar-refractivity contribution is 5.64. The molecule has 0 bridgehead atoms. The van der Waals surface area contributed by atoms with Crippen LogP contribution in [-0.2, 0) is 11.2 Å². The Morgan fingerprint density at radius 3 is 2.29 bits per heavy atom. The minimum Gasteiger partial charge on any atom is -0.550 e. The molecule has 0 N–H and O–H groups in total. The molecule has 0 fully saturated rings. The molecule has 3 nitrogen and oxygen atoms in total. The molecule has 0 spiro atoms. The number of benzene rings is 1. The highest BCUT2D eigenvalue weighted by Crippen LogP contribution is 2.12. The normalized spacial score (nSPS) is 9.86. The van der Waals surface area contributed by atoms with Crippen molar-refractivity contribution in [3.05, 3.63) is 29.8 Å². The van der Waals surface area contributed by atoms with Gasteiger partial charge in [-0.15, -0.1) is 0 Å². The molecule has 0 saturated heterocycles. The quantitative estimate of drug-likeness (QED) is 0.695. The lowest BCUT2D eigenvalue weighted by Crippen LogP contribution is -2.22. The summed E-state index contributed by atoms with van der Waals surface area (Å²) in [6.07, 6.45) is 0.622. The van der Waals surface area contributed by atoms with E-state index in [9.17, 15) is 9.90 Å². The van der Waals surface area contributed by atoms with Crippen molar-refractivity contribution in [2.45, 2.75) is 12.8 Å². The first-order valence-corrected chi connectivity index (χ1v) is 4.55. The SMILES string of the molecule is CN(C)c1ccc(CCC(=O)[O-])cc1. The van der Waals surface area contributed by atoms with Crippen LogP contribution in [0.2, 0.25) is 0 Å². The molecule has 14 heavy (non-hydrogen) atoms. The molecule has 3 heteroatoms. The molecule has 0 saturated carbocycles. The van der Waals surface area contributed by atoms with Gasteiger partial charge in [0.2, 0.25) is 0 Å². The number of carboxylic acid groups (broad SMARTS) is 1. The second kappa shape index (κ2) is 4.65. The van der Waals surface area contributed by atoms with Gasteiger partial charge < -0.3 is 14.8 Å². The zero-order chi connectivity index (χ0) is 10.6. The van der Waals surface area contributed by atoms with E-state index < -0.39 is 5.97 Å². The largest absolute Gasteiger partial charge is 0.550 e. The van der Waals surface area contributed by atoms with E-state index >= 15 is 0 Å². The number of aryl methyl sites for hydroxylation is 1. The van der Waals surface area contributed by atoms with Crippen molar-refractivity contribution in [1.29, 1.82) is 0 Å². The van der Waals surface area contributed by atoms with Crippen molar-refractivity contribution in [3.8, 4) is 0 Å². The Morgan fingerprint density at radius 1 is 1.29 bits per heavy atom. The number of anilines is 1. The number of hydrogen-bond acceptors (Lipinski definition) is 3. The van der Waals surface area contributed by atoms with E-state index in [1.54, 1.807) is 0 Å². The van der Waals surface area contributed by atoms with Gasteiger partial charge in [-0.25, -0.2) is 0 Å². The van der Waals surface area contributed by atoms with E-state index in [2.05, 4.69) is 0 Å². The van der Waals surface area contributed by atoms with Crippen molar-refractivity contribution in [1.82, 2.24) is 0 Å². The van der Waals surface area contributed by atoms with Crippen molar-refractivity contribution in [3.63, 3.8) is 0 Å². The van der Waals surface area contributed by atoms with E-state index in [-0.39, 0.29) is 6.42 Å². The molecule has 0 amide bonds. The molecule has 0 unspecified atom stereocenters. The summed E-state index contributed by atoms with van der Waals surface area (Å²) in [4.78, 5) is 12.2. The molecule has 1 aromatic rings. The van der Waals surface area contributed by atoms with Crippen LogP contribution in [0.1, 0.15) is 12.0 Å². The Kier molecular flexibility index (Phi) is 3.51. The number of carbonyl (C=O) groups is 1. The number of hydrogen-bond donors (Lipinski definition) is 0. The lowest BCUT2D eigenvalue weighted by molar-refractivity contribution is -0.305. The fourth-order valence-corrected chi connectivity index (χ4v) is 1.21. The van der Waals surface area contributed by atoms with Crippen molar-refractivity contribution >= 4 is 11.7 Å². The Hall–Kier alpha value is -1.51. The molecular weight excluding hydrogens is 178 g/mol. The summed E-state index contributed by atoms with van der Waals surface area (Å²) >= 11 is 0. The summed E-state index contributed by atoms with van der Waals surface area (Å²) in [6.45, 7) is 0. The fraction of sp³-hybridized carbons (Fsp3) is 0.364. The number of carbonyl (C=O) groups excluding carboxylic acids is 1. The monoisotopic (exact) mass is 192 g/mol. The first-order valence-electron chi connectivity index (χ1n) is 4.55. The third-order valence-corrected chi connectivity index (χ3v) is 2.07. The fourth-order valence-electron chi connectivity index (χ4n) is 1.21. The van der Waals surface area contributed by atoms with Crippen LogP contribution in [0.3, 0.4) is 0 Å². The molecule has 0 heterocycles. The van der Waals surface area contributed by atoms with Gasteiger partial charge in [-0.1, -0.05) is 12.1 Å². The van der Waals surface area contributed by atoms with Crippen LogP contribution in [0.4, 0.5) is 5.69 Å². The van der Waals surface area contributed by atoms with Crippen LogP contribution in [-0.4, -0.2) is 20.1 Å². The minimum atomic E-state index is -0.998. The number of aliphatic carboxylic acids is 1. The van der Waals surface area contributed by atoms with Crippen LogP contribution >= 0.6 is 0 Å². The van der Waals surface area contributed by atoms with Gasteiger partial charge in [0, 0.05) is 25.8 Å². The summed E-state index contributed by atoms with van der Waals surface area (Å²) in [5, 5.41) is 10.2. The Bertz CT molecular complexity index is 304. The maximum atomic E-state index is 10.2. The van der Waals surface area contributed by atoms with Crippen LogP contribution in [0.25, 0.3) is 0 Å². The maximum Gasteiger partial charge on any atom is 0.0417 e. The van der Waals surface area contributed by atoms with Gasteiger partial charge in [-0.3, -0.25) is 0 Å². The molecule has 1 aromatic carbocycles. The van der Waals surface area contributed by atoms with Crippen LogP contribution in [0.15, 0.2) is 24.3 Å². The summed E-state index contributed by atoms with van der Waals surface area (Å²) in [7, 11) is 3.94. The highest BCUT2D eigenvalue weighted by Gasteiger charge is 1.96. The topological polar surface area (TPSA) is 43.4 Å². The number of carboxylic acids is 1. The van der Waals surface area contributed by atoms with Gasteiger partial charge in [-0.2, -0.15) is 0 Å². The predicted molar refractivity (Wildman–Crippen MR) is 54.1 cm³/mol. The van der Waals surface area contributed by atoms with Crippen molar-refractivity contribution in [2.24, 2.45) is 0 Å². The second-order valence-corrected chi connectivity index (χ2v) is 3.43. The second-order valence-electron chi connectivity index (χ2n) is 3.43. The standard InChI is InChI=1S/C11H15NO2/c1-12(2)10-6-3-9(4-7-10)5-8-11(13)14/h3-4,6-7H,5,8H2,1-2H3,(H,13,14)/p-1. The molecule has 0 aliphatic heterocycles. The van der Waals surface area contributed by atoms with E-state index in [1.807, 2.05) is 43.3 Å². The van der Waals surface area contributed by atoms with Gasteiger partial charge in [-0.05, 0) is 30.5 Å². The molecule has 76 valence electrons.